The zero-order valence-electron chi connectivity index (χ0n) is 10.3. The first kappa shape index (κ1) is 13.5. The molecule has 0 aliphatic carbocycles. The first-order valence-corrected chi connectivity index (χ1v) is 6.94. The van der Waals surface area contributed by atoms with Crippen LogP contribution in [0.25, 0.3) is 0 Å². The van der Waals surface area contributed by atoms with Crippen LogP contribution >= 0.6 is 11.8 Å². The quantitative estimate of drug-likeness (QED) is 0.746. The summed E-state index contributed by atoms with van der Waals surface area (Å²) in [6.07, 6.45) is 2.05. The number of hydrogen-bond acceptors (Lipinski definition) is 5. The van der Waals surface area contributed by atoms with E-state index in [0.717, 1.165) is 23.8 Å². The second-order valence-electron chi connectivity index (χ2n) is 4.34. The average molecular weight is 243 g/mol. The predicted molar refractivity (Wildman–Crippen MR) is 67.1 cm³/mol. The van der Waals surface area contributed by atoms with Crippen LogP contribution in [0.1, 0.15) is 51.4 Å². The fourth-order valence-corrected chi connectivity index (χ4v) is 2.13. The Hall–Kier alpha value is -0.550. The molecule has 0 radical (unpaired) electrons. The minimum Gasteiger partial charge on any atom is -0.338 e. The van der Waals surface area contributed by atoms with Gasteiger partial charge in [0.2, 0.25) is 5.89 Å². The lowest BCUT2D eigenvalue weighted by Crippen LogP contribution is -2.13. The number of thioether (sulfide) groups is 1. The molecule has 1 heterocycles. The molecule has 0 aromatic carbocycles. The molecule has 0 spiro atoms. The summed E-state index contributed by atoms with van der Waals surface area (Å²) < 4.78 is 5.16. The van der Waals surface area contributed by atoms with E-state index in [-0.39, 0.29) is 6.04 Å². The topological polar surface area (TPSA) is 64.9 Å². The summed E-state index contributed by atoms with van der Waals surface area (Å²) in [4.78, 5) is 4.31. The van der Waals surface area contributed by atoms with Gasteiger partial charge in [-0.25, -0.2) is 0 Å². The van der Waals surface area contributed by atoms with Gasteiger partial charge < -0.3 is 10.3 Å². The molecule has 4 nitrogen and oxygen atoms in total. The molecule has 1 aromatic rings. The van der Waals surface area contributed by atoms with Crippen LogP contribution in [0.15, 0.2) is 4.52 Å². The molecule has 92 valence electrons. The van der Waals surface area contributed by atoms with E-state index < -0.39 is 0 Å². The first-order valence-electron chi connectivity index (χ1n) is 5.79. The maximum absolute atomic E-state index is 5.96. The SMILES string of the molecule is CCCSCc1noc(C(N)CC(C)C)n1. The molecule has 0 saturated carbocycles. The minimum absolute atomic E-state index is 0.127. The summed E-state index contributed by atoms with van der Waals surface area (Å²) >= 11 is 1.82. The van der Waals surface area contributed by atoms with Crippen molar-refractivity contribution in [2.45, 2.75) is 45.4 Å². The third-order valence-electron chi connectivity index (χ3n) is 2.11. The van der Waals surface area contributed by atoms with E-state index in [4.69, 9.17) is 10.3 Å². The fourth-order valence-electron chi connectivity index (χ4n) is 1.39. The van der Waals surface area contributed by atoms with Crippen LogP contribution in [0, 0.1) is 5.92 Å². The second-order valence-corrected chi connectivity index (χ2v) is 5.44. The van der Waals surface area contributed by atoms with E-state index in [1.54, 1.807) is 0 Å². The molecule has 0 aliphatic heterocycles. The summed E-state index contributed by atoms with van der Waals surface area (Å²) in [5.74, 6) is 3.81. The first-order chi connectivity index (χ1) is 7.63. The van der Waals surface area contributed by atoms with Gasteiger partial charge in [-0.1, -0.05) is 25.9 Å². The molecule has 0 aliphatic rings. The van der Waals surface area contributed by atoms with Gasteiger partial charge >= 0.3 is 0 Å². The normalized spacial score (nSPS) is 13.3. The lowest BCUT2D eigenvalue weighted by atomic mass is 10.0. The Morgan fingerprint density at radius 2 is 2.19 bits per heavy atom. The molecule has 16 heavy (non-hydrogen) atoms. The zero-order chi connectivity index (χ0) is 12.0. The van der Waals surface area contributed by atoms with Gasteiger partial charge in [-0.05, 0) is 24.5 Å². The third-order valence-corrected chi connectivity index (χ3v) is 3.27. The van der Waals surface area contributed by atoms with Gasteiger partial charge in [-0.3, -0.25) is 0 Å². The van der Waals surface area contributed by atoms with E-state index in [2.05, 4.69) is 30.9 Å². The van der Waals surface area contributed by atoms with Crippen LogP contribution < -0.4 is 5.73 Å². The van der Waals surface area contributed by atoms with Crippen molar-refractivity contribution >= 4 is 11.8 Å². The van der Waals surface area contributed by atoms with Gasteiger partial charge in [0.15, 0.2) is 5.82 Å². The summed E-state index contributed by atoms with van der Waals surface area (Å²) in [5, 5.41) is 3.93. The second kappa shape index (κ2) is 6.91. The highest BCUT2D eigenvalue weighted by Gasteiger charge is 2.15. The molecule has 1 atom stereocenters. The number of rotatable bonds is 7. The van der Waals surface area contributed by atoms with Gasteiger partial charge in [-0.2, -0.15) is 16.7 Å². The maximum Gasteiger partial charge on any atom is 0.243 e. The number of hydrogen-bond donors (Lipinski definition) is 1. The highest BCUT2D eigenvalue weighted by Crippen LogP contribution is 2.18. The van der Waals surface area contributed by atoms with Crippen molar-refractivity contribution < 1.29 is 4.52 Å². The number of aromatic nitrogens is 2. The summed E-state index contributed by atoms with van der Waals surface area (Å²) in [6, 6.07) is -0.127. The van der Waals surface area contributed by atoms with Crippen LogP contribution in [-0.2, 0) is 5.75 Å². The molecule has 1 rings (SSSR count). The van der Waals surface area contributed by atoms with Crippen LogP contribution in [0.2, 0.25) is 0 Å². The molecule has 1 unspecified atom stereocenters. The molecule has 5 heteroatoms. The highest BCUT2D eigenvalue weighted by atomic mass is 32.2. The van der Waals surface area contributed by atoms with Crippen molar-refractivity contribution in [3.63, 3.8) is 0 Å². The Morgan fingerprint density at radius 1 is 1.44 bits per heavy atom. The smallest absolute Gasteiger partial charge is 0.243 e. The Kier molecular flexibility index (Phi) is 5.84. The maximum atomic E-state index is 5.96. The molecule has 0 saturated heterocycles. The average Bonchev–Trinajstić information content (AvgIpc) is 2.66. The fraction of sp³-hybridized carbons (Fsp3) is 0.818. The Balaban J connectivity index is 2.44. The standard InChI is InChI=1S/C11H21N3OS/c1-4-5-16-7-10-13-11(15-14-10)9(12)6-8(2)3/h8-9H,4-7,12H2,1-3H3. The molecule has 1 aromatic heterocycles. The Bertz CT molecular complexity index is 301. The van der Waals surface area contributed by atoms with Gasteiger partial charge in [0.1, 0.15) is 0 Å². The van der Waals surface area contributed by atoms with Crippen molar-refractivity contribution in [1.82, 2.24) is 10.1 Å². The number of nitrogens with zero attached hydrogens (tertiary/aromatic N) is 2. The van der Waals surface area contributed by atoms with E-state index in [1.807, 2.05) is 11.8 Å². The molecular weight excluding hydrogens is 222 g/mol. The lowest BCUT2D eigenvalue weighted by Gasteiger charge is -2.08. The van der Waals surface area contributed by atoms with Crippen molar-refractivity contribution in [3.8, 4) is 0 Å². The predicted octanol–water partition coefficient (Wildman–Crippen LogP) is 2.76. The van der Waals surface area contributed by atoms with Gasteiger partial charge in [0, 0.05) is 0 Å². The largest absolute Gasteiger partial charge is 0.338 e. The van der Waals surface area contributed by atoms with E-state index >= 15 is 0 Å². The van der Waals surface area contributed by atoms with E-state index in [9.17, 15) is 0 Å². The van der Waals surface area contributed by atoms with Gasteiger partial charge in [0.05, 0.1) is 11.8 Å². The van der Waals surface area contributed by atoms with Crippen molar-refractivity contribution in [2.24, 2.45) is 11.7 Å². The summed E-state index contributed by atoms with van der Waals surface area (Å²) in [5.41, 5.74) is 5.96. The minimum atomic E-state index is -0.127. The van der Waals surface area contributed by atoms with Gasteiger partial charge in [-0.15, -0.1) is 0 Å². The number of nitrogens with two attached hydrogens (primary N) is 1. The molecule has 2 N–H and O–H groups in total. The lowest BCUT2D eigenvalue weighted by molar-refractivity contribution is 0.333. The van der Waals surface area contributed by atoms with Crippen LogP contribution in [0.4, 0.5) is 0 Å². The van der Waals surface area contributed by atoms with E-state index in [1.165, 1.54) is 6.42 Å². The summed E-state index contributed by atoms with van der Waals surface area (Å²) in [7, 11) is 0. The third kappa shape index (κ3) is 4.53. The highest BCUT2D eigenvalue weighted by molar-refractivity contribution is 7.98. The van der Waals surface area contributed by atoms with Crippen LogP contribution in [0.3, 0.4) is 0 Å². The molecule has 0 amide bonds. The Morgan fingerprint density at radius 3 is 2.81 bits per heavy atom. The van der Waals surface area contributed by atoms with Crippen molar-refractivity contribution in [2.75, 3.05) is 5.75 Å². The van der Waals surface area contributed by atoms with Crippen LogP contribution in [-0.4, -0.2) is 15.9 Å². The molecular formula is C11H21N3OS. The van der Waals surface area contributed by atoms with Crippen molar-refractivity contribution in [1.29, 1.82) is 0 Å². The Labute approximate surface area is 101 Å². The molecule has 0 bridgehead atoms. The monoisotopic (exact) mass is 243 g/mol. The summed E-state index contributed by atoms with van der Waals surface area (Å²) in [6.45, 7) is 6.43. The zero-order valence-corrected chi connectivity index (χ0v) is 11.1. The van der Waals surface area contributed by atoms with E-state index in [0.29, 0.717) is 11.8 Å². The molecule has 0 fully saturated rings. The van der Waals surface area contributed by atoms with Crippen molar-refractivity contribution in [3.05, 3.63) is 11.7 Å². The van der Waals surface area contributed by atoms with Gasteiger partial charge in [0.25, 0.3) is 0 Å². The van der Waals surface area contributed by atoms with Crippen LogP contribution in [0.5, 0.6) is 0 Å².